The summed E-state index contributed by atoms with van der Waals surface area (Å²) in [5.74, 6) is -0.566. The molecule has 84 valence electrons. The van der Waals surface area contributed by atoms with Gasteiger partial charge in [0.05, 0.1) is 5.69 Å². The highest BCUT2D eigenvalue weighted by Gasteiger charge is 2.22. The molecular weight excluding hydrogens is 209 g/mol. The second-order valence-electron chi connectivity index (χ2n) is 3.83. The monoisotopic (exact) mass is 221 g/mol. The number of aldehydes is 1. The minimum Gasteiger partial charge on any atom is -0.310 e. The van der Waals surface area contributed by atoms with E-state index in [1.165, 1.54) is 17.0 Å². The van der Waals surface area contributed by atoms with Crippen LogP contribution in [0, 0.1) is 5.82 Å². The van der Waals surface area contributed by atoms with E-state index in [9.17, 15) is 14.0 Å². The van der Waals surface area contributed by atoms with Crippen molar-refractivity contribution in [2.75, 3.05) is 11.4 Å². The highest BCUT2D eigenvalue weighted by atomic mass is 19.1. The highest BCUT2D eigenvalue weighted by molar-refractivity contribution is 5.94. The minimum absolute atomic E-state index is 0.0518. The van der Waals surface area contributed by atoms with E-state index in [1.807, 2.05) is 0 Å². The first-order chi connectivity index (χ1) is 7.72. The number of rotatable bonds is 2. The number of carbonyl (C=O) groups is 2. The van der Waals surface area contributed by atoms with Crippen LogP contribution < -0.4 is 4.90 Å². The number of nitrogens with zero attached hydrogens (tertiary/aromatic N) is 1. The summed E-state index contributed by atoms with van der Waals surface area (Å²) in [4.78, 5) is 23.5. The molecule has 1 aliphatic heterocycles. The van der Waals surface area contributed by atoms with Gasteiger partial charge in [0.25, 0.3) is 0 Å². The first-order valence-corrected chi connectivity index (χ1v) is 5.27. The Labute approximate surface area is 92.9 Å². The molecule has 3 nitrogen and oxygen atoms in total. The summed E-state index contributed by atoms with van der Waals surface area (Å²) in [6, 6.07) is 4.17. The molecule has 0 N–H and O–H groups in total. The van der Waals surface area contributed by atoms with Gasteiger partial charge in [0.1, 0.15) is 12.1 Å². The van der Waals surface area contributed by atoms with Crippen LogP contribution in [-0.4, -0.2) is 18.7 Å². The number of anilines is 1. The number of carbonyl (C=O) groups excluding carboxylic acids is 2. The van der Waals surface area contributed by atoms with Gasteiger partial charge in [-0.05, 0) is 31.0 Å². The van der Waals surface area contributed by atoms with Crippen LogP contribution in [0.15, 0.2) is 18.2 Å². The van der Waals surface area contributed by atoms with Crippen LogP contribution in [0.3, 0.4) is 0 Å². The van der Waals surface area contributed by atoms with Crippen molar-refractivity contribution in [1.29, 1.82) is 0 Å². The molecular formula is C12H12FNO2. The number of amides is 1. The third kappa shape index (κ3) is 1.96. The van der Waals surface area contributed by atoms with Gasteiger partial charge in [-0.1, -0.05) is 0 Å². The fraction of sp³-hybridized carbons (Fsp3) is 0.333. The van der Waals surface area contributed by atoms with E-state index in [0.29, 0.717) is 19.3 Å². The summed E-state index contributed by atoms with van der Waals surface area (Å²) in [7, 11) is 0. The normalized spacial score (nSPS) is 16.3. The molecule has 0 spiro atoms. The molecule has 1 saturated heterocycles. The molecule has 1 aliphatic rings. The molecule has 0 bridgehead atoms. The lowest BCUT2D eigenvalue weighted by Crippen LogP contribution is -2.35. The van der Waals surface area contributed by atoms with Gasteiger partial charge in [-0.2, -0.15) is 0 Å². The van der Waals surface area contributed by atoms with Crippen LogP contribution in [-0.2, 0) is 4.79 Å². The van der Waals surface area contributed by atoms with Crippen molar-refractivity contribution in [2.24, 2.45) is 0 Å². The largest absolute Gasteiger partial charge is 0.310 e. The zero-order valence-corrected chi connectivity index (χ0v) is 8.78. The maximum absolute atomic E-state index is 13.6. The Morgan fingerprint density at radius 3 is 2.75 bits per heavy atom. The van der Waals surface area contributed by atoms with Crippen molar-refractivity contribution < 1.29 is 14.0 Å². The van der Waals surface area contributed by atoms with E-state index in [0.717, 1.165) is 18.9 Å². The summed E-state index contributed by atoms with van der Waals surface area (Å²) in [6.45, 7) is 0.552. The van der Waals surface area contributed by atoms with Crippen LogP contribution in [0.4, 0.5) is 10.1 Å². The van der Waals surface area contributed by atoms with Gasteiger partial charge in [-0.3, -0.25) is 9.59 Å². The lowest BCUT2D eigenvalue weighted by Gasteiger charge is -2.27. The quantitative estimate of drug-likeness (QED) is 0.717. The van der Waals surface area contributed by atoms with Gasteiger partial charge in [-0.15, -0.1) is 0 Å². The lowest BCUT2D eigenvalue weighted by molar-refractivity contribution is -0.119. The van der Waals surface area contributed by atoms with Crippen LogP contribution in [0.2, 0.25) is 0 Å². The molecule has 16 heavy (non-hydrogen) atoms. The number of hydrogen-bond donors (Lipinski definition) is 0. The first kappa shape index (κ1) is 10.8. The van der Waals surface area contributed by atoms with Crippen molar-refractivity contribution in [3.05, 3.63) is 29.6 Å². The lowest BCUT2D eigenvalue weighted by atomic mass is 10.1. The molecule has 2 rings (SSSR count). The zero-order chi connectivity index (χ0) is 11.5. The van der Waals surface area contributed by atoms with Crippen LogP contribution >= 0.6 is 0 Å². The average molecular weight is 221 g/mol. The van der Waals surface area contributed by atoms with Gasteiger partial charge >= 0.3 is 0 Å². The number of hydrogen-bond acceptors (Lipinski definition) is 2. The summed E-state index contributed by atoms with van der Waals surface area (Å²) in [6.07, 6.45) is 2.81. The molecule has 4 heteroatoms. The Hall–Kier alpha value is -1.71. The Bertz CT molecular complexity index is 431. The van der Waals surface area contributed by atoms with Crippen molar-refractivity contribution in [1.82, 2.24) is 0 Å². The molecule has 0 aliphatic carbocycles. The van der Waals surface area contributed by atoms with Crippen molar-refractivity contribution >= 4 is 17.9 Å². The second-order valence-corrected chi connectivity index (χ2v) is 3.83. The SMILES string of the molecule is O=Cc1ccc(N2CCCCC2=O)c(F)c1. The summed E-state index contributed by atoms with van der Waals surface area (Å²) in [5, 5.41) is 0. The van der Waals surface area contributed by atoms with Gasteiger partial charge in [0, 0.05) is 18.5 Å². The molecule has 1 fully saturated rings. The Balaban J connectivity index is 2.32. The Kier molecular flexibility index (Phi) is 2.99. The van der Waals surface area contributed by atoms with Gasteiger partial charge < -0.3 is 4.90 Å². The number of piperidine rings is 1. The van der Waals surface area contributed by atoms with Crippen LogP contribution in [0.1, 0.15) is 29.6 Å². The van der Waals surface area contributed by atoms with E-state index in [4.69, 9.17) is 0 Å². The van der Waals surface area contributed by atoms with E-state index >= 15 is 0 Å². The highest BCUT2D eigenvalue weighted by Crippen LogP contribution is 2.24. The molecule has 1 aromatic carbocycles. The molecule has 1 amide bonds. The topological polar surface area (TPSA) is 37.4 Å². The first-order valence-electron chi connectivity index (χ1n) is 5.27. The molecule has 1 aromatic rings. The Morgan fingerprint density at radius 1 is 1.31 bits per heavy atom. The molecule has 0 unspecified atom stereocenters. The Morgan fingerprint density at radius 2 is 2.12 bits per heavy atom. The smallest absolute Gasteiger partial charge is 0.227 e. The number of benzene rings is 1. The van der Waals surface area contributed by atoms with E-state index in [-0.39, 0.29) is 17.2 Å². The van der Waals surface area contributed by atoms with E-state index in [1.54, 1.807) is 0 Å². The third-order valence-corrected chi connectivity index (χ3v) is 2.72. The van der Waals surface area contributed by atoms with Crippen LogP contribution in [0.5, 0.6) is 0 Å². The average Bonchev–Trinajstić information content (AvgIpc) is 2.30. The van der Waals surface area contributed by atoms with E-state index < -0.39 is 5.82 Å². The predicted molar refractivity (Wildman–Crippen MR) is 58.0 cm³/mol. The second kappa shape index (κ2) is 4.43. The van der Waals surface area contributed by atoms with Crippen LogP contribution in [0.25, 0.3) is 0 Å². The standard InChI is InChI=1S/C12H12FNO2/c13-10-7-9(8-15)4-5-11(10)14-6-2-1-3-12(14)16/h4-5,7-8H,1-3,6H2. The fourth-order valence-corrected chi connectivity index (χ4v) is 1.88. The van der Waals surface area contributed by atoms with Gasteiger partial charge in [0.2, 0.25) is 5.91 Å². The van der Waals surface area contributed by atoms with E-state index in [2.05, 4.69) is 0 Å². The minimum atomic E-state index is -0.514. The molecule has 1 heterocycles. The molecule has 0 radical (unpaired) electrons. The van der Waals surface area contributed by atoms with Crippen molar-refractivity contribution in [3.8, 4) is 0 Å². The summed E-state index contributed by atoms with van der Waals surface area (Å²) < 4.78 is 13.6. The van der Waals surface area contributed by atoms with Crippen molar-refractivity contribution in [3.63, 3.8) is 0 Å². The summed E-state index contributed by atoms with van der Waals surface area (Å²) in [5.41, 5.74) is 0.556. The molecule has 0 atom stereocenters. The third-order valence-electron chi connectivity index (χ3n) is 2.72. The fourth-order valence-electron chi connectivity index (χ4n) is 1.88. The summed E-state index contributed by atoms with van der Waals surface area (Å²) >= 11 is 0. The predicted octanol–water partition coefficient (Wildman–Crippen LogP) is 2.16. The zero-order valence-electron chi connectivity index (χ0n) is 8.78. The molecule has 0 saturated carbocycles. The maximum atomic E-state index is 13.6. The van der Waals surface area contributed by atoms with Crippen molar-refractivity contribution in [2.45, 2.75) is 19.3 Å². The van der Waals surface area contributed by atoms with Gasteiger partial charge in [0.15, 0.2) is 0 Å². The maximum Gasteiger partial charge on any atom is 0.227 e. The molecule has 0 aromatic heterocycles. The van der Waals surface area contributed by atoms with Gasteiger partial charge in [-0.25, -0.2) is 4.39 Å². The number of halogens is 1.